The molecule has 0 unspecified atom stereocenters. The van der Waals surface area contributed by atoms with Gasteiger partial charge in [0.1, 0.15) is 11.5 Å². The minimum absolute atomic E-state index is 0.436. The van der Waals surface area contributed by atoms with Gasteiger partial charge < -0.3 is 4.74 Å². The summed E-state index contributed by atoms with van der Waals surface area (Å²) >= 11 is 0. The molecule has 0 N–H and O–H groups in total. The lowest BCUT2D eigenvalue weighted by atomic mass is 10.2. The summed E-state index contributed by atoms with van der Waals surface area (Å²) in [6.45, 7) is 4.31. The SMILES string of the molecule is Cc1ccc2c(c1)P(C1C=CC=C1)c1cc(C)ccc1O2. The quantitative estimate of drug-likeness (QED) is 0.711. The Balaban J connectivity index is 1.94. The highest BCUT2D eigenvalue weighted by atomic mass is 31.1. The van der Waals surface area contributed by atoms with E-state index < -0.39 is 7.92 Å². The molecule has 0 radical (unpaired) electrons. The molecular formula is C19H17OP. The van der Waals surface area contributed by atoms with Crippen molar-refractivity contribution in [2.45, 2.75) is 19.5 Å². The van der Waals surface area contributed by atoms with E-state index in [9.17, 15) is 0 Å². The Morgan fingerprint density at radius 3 is 1.86 bits per heavy atom. The maximum Gasteiger partial charge on any atom is 0.135 e. The number of rotatable bonds is 1. The van der Waals surface area contributed by atoms with Crippen LogP contribution in [0.1, 0.15) is 11.1 Å². The summed E-state index contributed by atoms with van der Waals surface area (Å²) in [6.07, 6.45) is 8.95. The molecule has 0 saturated heterocycles. The van der Waals surface area contributed by atoms with Crippen LogP contribution in [0.15, 0.2) is 60.7 Å². The number of benzene rings is 2. The molecule has 0 spiro atoms. The monoisotopic (exact) mass is 292 g/mol. The van der Waals surface area contributed by atoms with Crippen molar-refractivity contribution in [2.24, 2.45) is 0 Å². The zero-order chi connectivity index (χ0) is 14.4. The zero-order valence-corrected chi connectivity index (χ0v) is 13.1. The predicted octanol–water partition coefficient (Wildman–Crippen LogP) is 4.34. The van der Waals surface area contributed by atoms with Gasteiger partial charge in [0.2, 0.25) is 0 Å². The van der Waals surface area contributed by atoms with E-state index in [2.05, 4.69) is 74.5 Å². The Morgan fingerprint density at radius 1 is 0.810 bits per heavy atom. The van der Waals surface area contributed by atoms with E-state index in [1.165, 1.54) is 21.7 Å². The van der Waals surface area contributed by atoms with Gasteiger partial charge in [0, 0.05) is 16.3 Å². The summed E-state index contributed by atoms with van der Waals surface area (Å²) in [5.74, 6) is 2.05. The fourth-order valence-corrected chi connectivity index (χ4v) is 5.81. The van der Waals surface area contributed by atoms with Crippen LogP contribution >= 0.6 is 7.92 Å². The smallest absolute Gasteiger partial charge is 0.135 e. The second kappa shape index (κ2) is 4.86. The largest absolute Gasteiger partial charge is 0.456 e. The van der Waals surface area contributed by atoms with Gasteiger partial charge in [-0.05, 0) is 46.0 Å². The average Bonchev–Trinajstić information content (AvgIpc) is 2.99. The van der Waals surface area contributed by atoms with E-state index in [-0.39, 0.29) is 0 Å². The molecule has 1 heterocycles. The van der Waals surface area contributed by atoms with Crippen molar-refractivity contribution >= 4 is 18.5 Å². The van der Waals surface area contributed by atoms with Crippen LogP contribution in [0.3, 0.4) is 0 Å². The van der Waals surface area contributed by atoms with Crippen molar-refractivity contribution in [3.63, 3.8) is 0 Å². The van der Waals surface area contributed by atoms with Crippen LogP contribution in [-0.4, -0.2) is 5.66 Å². The molecule has 104 valence electrons. The highest BCUT2D eigenvalue weighted by Gasteiger charge is 2.31. The van der Waals surface area contributed by atoms with Crippen molar-refractivity contribution in [3.8, 4) is 11.5 Å². The lowest BCUT2D eigenvalue weighted by molar-refractivity contribution is 0.488. The number of ether oxygens (including phenoxy) is 1. The van der Waals surface area contributed by atoms with E-state index in [4.69, 9.17) is 4.74 Å². The van der Waals surface area contributed by atoms with E-state index in [1.54, 1.807) is 0 Å². The van der Waals surface area contributed by atoms with Gasteiger partial charge in [-0.25, -0.2) is 0 Å². The first kappa shape index (κ1) is 12.9. The Morgan fingerprint density at radius 2 is 1.33 bits per heavy atom. The molecule has 1 aliphatic heterocycles. The van der Waals surface area contributed by atoms with E-state index >= 15 is 0 Å². The first-order valence-corrected chi connectivity index (χ1v) is 8.67. The third-order valence-electron chi connectivity index (χ3n) is 3.99. The summed E-state index contributed by atoms with van der Waals surface area (Å²) in [5, 5.41) is 2.73. The van der Waals surface area contributed by atoms with Crippen molar-refractivity contribution in [2.75, 3.05) is 0 Å². The lowest BCUT2D eigenvalue weighted by Gasteiger charge is -2.31. The van der Waals surface area contributed by atoms with Gasteiger partial charge in [-0.2, -0.15) is 0 Å². The Kier molecular flexibility index (Phi) is 2.97. The maximum atomic E-state index is 6.15. The van der Waals surface area contributed by atoms with Crippen molar-refractivity contribution < 1.29 is 4.74 Å². The third-order valence-corrected chi connectivity index (χ3v) is 6.67. The molecule has 0 fully saturated rings. The van der Waals surface area contributed by atoms with Crippen LogP contribution < -0.4 is 15.3 Å². The lowest BCUT2D eigenvalue weighted by Crippen LogP contribution is -2.26. The summed E-state index contributed by atoms with van der Waals surface area (Å²) in [5.41, 5.74) is 3.07. The van der Waals surface area contributed by atoms with Gasteiger partial charge in [0.25, 0.3) is 0 Å². The van der Waals surface area contributed by atoms with Crippen LogP contribution in [0, 0.1) is 13.8 Å². The normalized spacial score (nSPS) is 16.7. The Labute approximate surface area is 126 Å². The predicted molar refractivity (Wildman–Crippen MR) is 90.7 cm³/mol. The summed E-state index contributed by atoms with van der Waals surface area (Å²) < 4.78 is 6.15. The van der Waals surface area contributed by atoms with Crippen LogP contribution in [0.25, 0.3) is 0 Å². The standard InChI is InChI=1S/C19H17OP/c1-13-7-9-16-18(11-13)21(15-5-3-4-6-15)19-12-14(2)8-10-17(19)20-16/h3-12,15H,1-2H3. The molecule has 0 bridgehead atoms. The third kappa shape index (κ3) is 2.13. The summed E-state index contributed by atoms with van der Waals surface area (Å²) in [6, 6.07) is 13.1. The molecule has 2 aliphatic rings. The fraction of sp³-hybridized carbons (Fsp3) is 0.158. The molecular weight excluding hydrogens is 275 g/mol. The maximum absolute atomic E-state index is 6.15. The van der Waals surface area contributed by atoms with Gasteiger partial charge in [-0.3, -0.25) is 0 Å². The molecule has 1 nitrogen and oxygen atoms in total. The molecule has 2 aromatic carbocycles. The molecule has 0 saturated carbocycles. The van der Waals surface area contributed by atoms with Gasteiger partial charge in [0.05, 0.1) is 0 Å². The minimum atomic E-state index is -0.436. The number of allylic oxidation sites excluding steroid dienone is 4. The first-order valence-electron chi connectivity index (χ1n) is 7.26. The Hall–Kier alpha value is -1.85. The number of hydrogen-bond acceptors (Lipinski definition) is 1. The molecule has 2 heteroatoms. The zero-order valence-electron chi connectivity index (χ0n) is 12.2. The van der Waals surface area contributed by atoms with Crippen LogP contribution in [0.4, 0.5) is 0 Å². The first-order chi connectivity index (χ1) is 10.2. The number of aryl methyl sites for hydroxylation is 2. The molecule has 0 amide bonds. The van der Waals surface area contributed by atoms with Gasteiger partial charge >= 0.3 is 0 Å². The number of hydrogen-bond donors (Lipinski definition) is 0. The molecule has 0 aromatic heterocycles. The summed E-state index contributed by atoms with van der Waals surface area (Å²) in [7, 11) is -0.436. The fourth-order valence-electron chi connectivity index (χ4n) is 2.97. The van der Waals surface area contributed by atoms with Crippen molar-refractivity contribution in [3.05, 3.63) is 71.8 Å². The number of fused-ring (bicyclic) bond motifs is 2. The van der Waals surface area contributed by atoms with Crippen LogP contribution in [-0.2, 0) is 0 Å². The molecule has 1 aliphatic carbocycles. The van der Waals surface area contributed by atoms with Crippen molar-refractivity contribution in [1.29, 1.82) is 0 Å². The summed E-state index contributed by atoms with van der Waals surface area (Å²) in [4.78, 5) is 0. The van der Waals surface area contributed by atoms with E-state index in [1.807, 2.05) is 0 Å². The molecule has 4 rings (SSSR count). The molecule has 0 atom stereocenters. The highest BCUT2D eigenvalue weighted by molar-refractivity contribution is 7.74. The van der Waals surface area contributed by atoms with Crippen LogP contribution in [0.5, 0.6) is 11.5 Å². The second-order valence-electron chi connectivity index (χ2n) is 5.67. The average molecular weight is 292 g/mol. The molecule has 2 aromatic rings. The Bertz CT molecular complexity index is 710. The van der Waals surface area contributed by atoms with Gasteiger partial charge in [-0.15, -0.1) is 0 Å². The van der Waals surface area contributed by atoms with E-state index in [0.717, 1.165) is 11.5 Å². The van der Waals surface area contributed by atoms with E-state index in [0.29, 0.717) is 5.66 Å². The highest BCUT2D eigenvalue weighted by Crippen LogP contribution is 2.50. The van der Waals surface area contributed by atoms with Gasteiger partial charge in [-0.1, -0.05) is 47.6 Å². The van der Waals surface area contributed by atoms with Gasteiger partial charge in [0.15, 0.2) is 0 Å². The second-order valence-corrected chi connectivity index (χ2v) is 7.97. The topological polar surface area (TPSA) is 9.23 Å². The van der Waals surface area contributed by atoms with Crippen molar-refractivity contribution in [1.82, 2.24) is 0 Å². The molecule has 21 heavy (non-hydrogen) atoms. The van der Waals surface area contributed by atoms with Crippen LogP contribution in [0.2, 0.25) is 0 Å². The minimum Gasteiger partial charge on any atom is -0.456 e.